The molecule has 4 aromatic carbocycles. The van der Waals surface area contributed by atoms with Gasteiger partial charge in [-0.25, -0.2) is 0 Å². The Bertz CT molecular complexity index is 1180. The van der Waals surface area contributed by atoms with E-state index in [1.807, 2.05) is 44.2 Å². The second-order valence-corrected chi connectivity index (χ2v) is 8.16. The summed E-state index contributed by atoms with van der Waals surface area (Å²) in [7, 11) is 0. The van der Waals surface area contributed by atoms with Crippen molar-refractivity contribution in [2.24, 2.45) is 5.92 Å². The topological polar surface area (TPSA) is 29.5 Å². The SMILES string of the molecule is Cc1cccc(N(c2ccccc2)c2ccc(-c3ccc(OC(=O)C(C)C)cc3)cc2)c1. The van der Waals surface area contributed by atoms with Crippen LogP contribution in [0, 0.1) is 12.8 Å². The Labute approximate surface area is 189 Å². The molecule has 0 amide bonds. The second-order valence-electron chi connectivity index (χ2n) is 8.16. The third-order valence-corrected chi connectivity index (χ3v) is 5.28. The summed E-state index contributed by atoms with van der Waals surface area (Å²) in [6.07, 6.45) is 0. The van der Waals surface area contributed by atoms with Crippen LogP contribution in [-0.4, -0.2) is 5.97 Å². The van der Waals surface area contributed by atoms with E-state index in [2.05, 4.69) is 84.6 Å². The van der Waals surface area contributed by atoms with Crippen LogP contribution >= 0.6 is 0 Å². The van der Waals surface area contributed by atoms with Gasteiger partial charge in [-0.2, -0.15) is 0 Å². The largest absolute Gasteiger partial charge is 0.426 e. The molecule has 0 aliphatic heterocycles. The molecule has 0 unspecified atom stereocenters. The molecule has 0 bridgehead atoms. The summed E-state index contributed by atoms with van der Waals surface area (Å²) < 4.78 is 5.38. The zero-order valence-corrected chi connectivity index (χ0v) is 18.7. The number of benzene rings is 4. The number of carbonyl (C=O) groups is 1. The Hall–Kier alpha value is -3.85. The van der Waals surface area contributed by atoms with Crippen LogP contribution in [0.5, 0.6) is 5.75 Å². The van der Waals surface area contributed by atoms with E-state index < -0.39 is 0 Å². The quantitative estimate of drug-likeness (QED) is 0.236. The lowest BCUT2D eigenvalue weighted by atomic mass is 10.0. The van der Waals surface area contributed by atoms with E-state index in [0.29, 0.717) is 5.75 Å². The smallest absolute Gasteiger partial charge is 0.313 e. The van der Waals surface area contributed by atoms with Crippen molar-refractivity contribution in [1.29, 1.82) is 0 Å². The fraction of sp³-hybridized carbons (Fsp3) is 0.138. The van der Waals surface area contributed by atoms with Crippen LogP contribution in [0.25, 0.3) is 11.1 Å². The third kappa shape index (κ3) is 4.89. The molecule has 3 heteroatoms. The minimum absolute atomic E-state index is 0.150. The van der Waals surface area contributed by atoms with Gasteiger partial charge in [0.05, 0.1) is 5.92 Å². The third-order valence-electron chi connectivity index (χ3n) is 5.28. The average Bonchev–Trinajstić information content (AvgIpc) is 2.81. The lowest BCUT2D eigenvalue weighted by Crippen LogP contribution is -2.14. The molecule has 0 aliphatic carbocycles. The van der Waals surface area contributed by atoms with E-state index in [9.17, 15) is 4.79 Å². The van der Waals surface area contributed by atoms with Crippen molar-refractivity contribution in [3.05, 3.63) is 109 Å². The molecule has 3 nitrogen and oxygen atoms in total. The van der Waals surface area contributed by atoms with Crippen molar-refractivity contribution < 1.29 is 9.53 Å². The number of rotatable bonds is 6. The summed E-state index contributed by atoms with van der Waals surface area (Å²) >= 11 is 0. The Morgan fingerprint density at radius 2 is 1.25 bits per heavy atom. The van der Waals surface area contributed by atoms with Gasteiger partial charge in [-0.05, 0) is 72.1 Å². The van der Waals surface area contributed by atoms with Crippen molar-refractivity contribution in [3.63, 3.8) is 0 Å². The molecular weight excluding hydrogens is 394 g/mol. The van der Waals surface area contributed by atoms with Gasteiger partial charge in [-0.1, -0.05) is 68.4 Å². The highest BCUT2D eigenvalue weighted by molar-refractivity contribution is 5.79. The summed E-state index contributed by atoms with van der Waals surface area (Å²) in [5.41, 5.74) is 6.73. The van der Waals surface area contributed by atoms with E-state index >= 15 is 0 Å². The first-order valence-electron chi connectivity index (χ1n) is 10.9. The number of hydrogen-bond donors (Lipinski definition) is 0. The van der Waals surface area contributed by atoms with Gasteiger partial charge in [-0.15, -0.1) is 0 Å². The van der Waals surface area contributed by atoms with Crippen LogP contribution in [0.4, 0.5) is 17.1 Å². The molecule has 0 fully saturated rings. The Balaban J connectivity index is 1.62. The van der Waals surface area contributed by atoms with Crippen molar-refractivity contribution in [2.75, 3.05) is 4.90 Å². The van der Waals surface area contributed by atoms with Crippen LogP contribution < -0.4 is 9.64 Å². The van der Waals surface area contributed by atoms with Crippen LogP contribution in [0.2, 0.25) is 0 Å². The van der Waals surface area contributed by atoms with Crippen LogP contribution in [0.3, 0.4) is 0 Å². The highest BCUT2D eigenvalue weighted by Gasteiger charge is 2.13. The normalized spacial score (nSPS) is 10.8. The van der Waals surface area contributed by atoms with Gasteiger partial charge >= 0.3 is 5.97 Å². The molecule has 0 saturated heterocycles. The molecule has 4 rings (SSSR count). The van der Waals surface area contributed by atoms with Gasteiger partial charge in [0.15, 0.2) is 0 Å². The van der Waals surface area contributed by atoms with Crippen molar-refractivity contribution in [2.45, 2.75) is 20.8 Å². The minimum Gasteiger partial charge on any atom is -0.426 e. The Kier molecular flexibility index (Phi) is 6.37. The first kappa shape index (κ1) is 21.4. The number of para-hydroxylation sites is 1. The van der Waals surface area contributed by atoms with Gasteiger partial charge in [0.25, 0.3) is 0 Å². The summed E-state index contributed by atoms with van der Waals surface area (Å²) in [6, 6.07) is 35.1. The first-order chi connectivity index (χ1) is 15.5. The van der Waals surface area contributed by atoms with E-state index in [1.165, 1.54) is 5.56 Å². The molecule has 160 valence electrons. The number of carbonyl (C=O) groups excluding carboxylic acids is 1. The molecule has 0 radical (unpaired) electrons. The number of hydrogen-bond acceptors (Lipinski definition) is 3. The second kappa shape index (κ2) is 9.52. The molecule has 0 aromatic heterocycles. The zero-order valence-electron chi connectivity index (χ0n) is 18.7. The van der Waals surface area contributed by atoms with E-state index in [4.69, 9.17) is 4.74 Å². The summed E-state index contributed by atoms with van der Waals surface area (Å²) in [5.74, 6) is 0.196. The predicted octanol–water partition coefficient (Wildman–Crippen LogP) is 7.69. The highest BCUT2D eigenvalue weighted by Crippen LogP contribution is 2.35. The molecule has 0 saturated carbocycles. The van der Waals surface area contributed by atoms with Gasteiger partial charge in [0.2, 0.25) is 0 Å². The summed E-state index contributed by atoms with van der Waals surface area (Å²) in [4.78, 5) is 14.1. The van der Waals surface area contributed by atoms with Crippen LogP contribution in [0.1, 0.15) is 19.4 Å². The van der Waals surface area contributed by atoms with Crippen molar-refractivity contribution >= 4 is 23.0 Å². The minimum atomic E-state index is -0.223. The molecule has 0 spiro atoms. The number of ether oxygens (including phenoxy) is 1. The predicted molar refractivity (Wildman–Crippen MR) is 132 cm³/mol. The maximum Gasteiger partial charge on any atom is 0.313 e. The van der Waals surface area contributed by atoms with Crippen molar-refractivity contribution in [3.8, 4) is 16.9 Å². The van der Waals surface area contributed by atoms with E-state index in [-0.39, 0.29) is 11.9 Å². The Morgan fingerprint density at radius 3 is 1.84 bits per heavy atom. The maximum absolute atomic E-state index is 11.8. The molecule has 32 heavy (non-hydrogen) atoms. The van der Waals surface area contributed by atoms with Crippen LogP contribution in [-0.2, 0) is 4.79 Å². The lowest BCUT2D eigenvalue weighted by Gasteiger charge is -2.26. The average molecular weight is 422 g/mol. The van der Waals surface area contributed by atoms with Gasteiger partial charge in [0.1, 0.15) is 5.75 Å². The molecule has 0 aliphatic rings. The van der Waals surface area contributed by atoms with Gasteiger partial charge in [0, 0.05) is 17.1 Å². The van der Waals surface area contributed by atoms with Gasteiger partial charge in [-0.3, -0.25) is 4.79 Å². The standard InChI is InChI=1S/C29H27NO2/c1-21(2)29(31)32-28-18-14-24(15-19-28)23-12-16-26(17-13-23)30(25-9-5-4-6-10-25)27-11-7-8-22(3)20-27/h4-21H,1-3H3. The van der Waals surface area contributed by atoms with E-state index in [1.54, 1.807) is 0 Å². The molecule has 0 heterocycles. The fourth-order valence-electron chi connectivity index (χ4n) is 3.54. The number of anilines is 3. The monoisotopic (exact) mass is 421 g/mol. The van der Waals surface area contributed by atoms with Crippen molar-refractivity contribution in [1.82, 2.24) is 0 Å². The maximum atomic E-state index is 11.8. The van der Waals surface area contributed by atoms with E-state index in [0.717, 1.165) is 28.2 Å². The number of aryl methyl sites for hydroxylation is 1. The first-order valence-corrected chi connectivity index (χ1v) is 10.9. The summed E-state index contributed by atoms with van der Waals surface area (Å²) in [5, 5.41) is 0. The molecular formula is C29H27NO2. The number of nitrogens with zero attached hydrogens (tertiary/aromatic N) is 1. The lowest BCUT2D eigenvalue weighted by molar-refractivity contribution is -0.137. The number of esters is 1. The van der Waals surface area contributed by atoms with Crippen LogP contribution in [0.15, 0.2) is 103 Å². The zero-order chi connectivity index (χ0) is 22.5. The molecule has 0 atom stereocenters. The molecule has 4 aromatic rings. The highest BCUT2D eigenvalue weighted by atomic mass is 16.5. The van der Waals surface area contributed by atoms with Gasteiger partial charge < -0.3 is 9.64 Å². The molecule has 0 N–H and O–H groups in total. The Morgan fingerprint density at radius 1 is 0.688 bits per heavy atom. The fourth-order valence-corrected chi connectivity index (χ4v) is 3.54. The summed E-state index contributed by atoms with van der Waals surface area (Å²) in [6.45, 7) is 5.76.